The summed E-state index contributed by atoms with van der Waals surface area (Å²) in [5.74, 6) is -0.505. The van der Waals surface area contributed by atoms with E-state index in [2.05, 4.69) is 6.92 Å². The van der Waals surface area contributed by atoms with Gasteiger partial charge in [-0.25, -0.2) is 4.79 Å². The molecule has 39 heavy (non-hydrogen) atoms. The first-order valence-corrected chi connectivity index (χ1v) is 15.6. The summed E-state index contributed by atoms with van der Waals surface area (Å²) in [5.41, 5.74) is -2.01. The Bertz CT molecular complexity index is 1210. The fraction of sp³-hybridized carbons (Fsp3) is 0.645. The van der Waals surface area contributed by atoms with Gasteiger partial charge in [-0.2, -0.15) is 0 Å². The lowest BCUT2D eigenvalue weighted by molar-refractivity contribution is -0.172. The molecule has 3 saturated carbocycles. The molecule has 1 aromatic heterocycles. The predicted octanol–water partition coefficient (Wildman–Crippen LogP) is 6.51. The third-order valence-electron chi connectivity index (χ3n) is 10.4. The molecule has 212 valence electrons. The number of ether oxygens (including phenoxy) is 1. The average Bonchev–Trinajstić information content (AvgIpc) is 3.50. The first-order valence-electron chi connectivity index (χ1n) is 14.2. The molecule has 0 aromatic carbocycles. The zero-order valence-electron chi connectivity index (χ0n) is 23.2. The van der Waals surface area contributed by atoms with Crippen molar-refractivity contribution in [3.8, 4) is 0 Å². The molecule has 4 aliphatic carbocycles. The minimum absolute atomic E-state index is 0.0532. The Balaban J connectivity index is 1.57. The van der Waals surface area contributed by atoms with Gasteiger partial charge in [0, 0.05) is 22.5 Å². The summed E-state index contributed by atoms with van der Waals surface area (Å²) in [6, 6.07) is 3.16. The molecule has 1 aromatic rings. The number of carbonyl (C=O) groups excluding carboxylic acids is 3. The normalized spacial score (nSPS) is 40.9. The van der Waals surface area contributed by atoms with E-state index in [9.17, 15) is 19.5 Å². The molecule has 0 spiro atoms. The summed E-state index contributed by atoms with van der Waals surface area (Å²) >= 11 is 8.82. The fourth-order valence-corrected chi connectivity index (χ4v) is 10.2. The van der Waals surface area contributed by atoms with Crippen LogP contribution in [0.4, 0.5) is 0 Å². The lowest BCUT2D eigenvalue weighted by Gasteiger charge is -2.64. The summed E-state index contributed by atoms with van der Waals surface area (Å²) in [4.78, 5) is 38.8. The van der Waals surface area contributed by atoms with Crippen LogP contribution in [0.3, 0.4) is 0 Å². The van der Waals surface area contributed by atoms with Gasteiger partial charge in [0.1, 0.15) is 0 Å². The zero-order chi connectivity index (χ0) is 28.2. The highest BCUT2D eigenvalue weighted by Crippen LogP contribution is 2.72. The number of fused-ring (bicyclic) bond motifs is 5. The van der Waals surface area contributed by atoms with Crippen LogP contribution in [0.2, 0.25) is 0 Å². The van der Waals surface area contributed by atoms with Crippen molar-refractivity contribution in [1.82, 2.24) is 0 Å². The predicted molar refractivity (Wildman–Crippen MR) is 151 cm³/mol. The number of unbranched alkanes of at least 4 members (excludes halogenated alkanes) is 2. The third kappa shape index (κ3) is 4.05. The van der Waals surface area contributed by atoms with Gasteiger partial charge in [-0.1, -0.05) is 63.9 Å². The van der Waals surface area contributed by atoms with Gasteiger partial charge in [-0.3, -0.25) is 9.59 Å². The van der Waals surface area contributed by atoms with E-state index in [4.69, 9.17) is 20.8 Å². The Morgan fingerprint density at radius 2 is 2.03 bits per heavy atom. The highest BCUT2D eigenvalue weighted by molar-refractivity contribution is 8.13. The average molecular weight is 575 g/mol. The Morgan fingerprint density at radius 1 is 1.26 bits per heavy atom. The number of carbonyl (C=O) groups is 3. The molecule has 8 heteroatoms. The minimum atomic E-state index is -1.44. The lowest BCUT2D eigenvalue weighted by atomic mass is 9.46. The van der Waals surface area contributed by atoms with Gasteiger partial charge in [-0.15, -0.1) is 11.6 Å². The lowest BCUT2D eigenvalue weighted by Crippen LogP contribution is -2.69. The van der Waals surface area contributed by atoms with Crippen LogP contribution in [-0.4, -0.2) is 44.3 Å². The largest absolute Gasteiger partial charge is 0.457 e. The van der Waals surface area contributed by atoms with Crippen LogP contribution in [0.15, 0.2) is 46.6 Å². The van der Waals surface area contributed by atoms with E-state index in [-0.39, 0.29) is 40.8 Å². The molecule has 0 radical (unpaired) electrons. The second kappa shape index (κ2) is 10.2. The van der Waals surface area contributed by atoms with Crippen molar-refractivity contribution in [1.29, 1.82) is 0 Å². The van der Waals surface area contributed by atoms with Gasteiger partial charge < -0.3 is 14.3 Å². The second-order valence-corrected chi connectivity index (χ2v) is 14.0. The second-order valence-electron chi connectivity index (χ2n) is 12.3. The maximum absolute atomic E-state index is 14.3. The molecular formula is C31H39ClO6S. The van der Waals surface area contributed by atoms with Gasteiger partial charge in [-0.05, 0) is 68.2 Å². The quantitative estimate of drug-likeness (QED) is 0.225. The fourth-order valence-electron chi connectivity index (χ4n) is 8.44. The number of rotatable bonds is 7. The zero-order valence-corrected chi connectivity index (χ0v) is 24.8. The highest BCUT2D eigenvalue weighted by Gasteiger charge is 2.76. The Kier molecular flexibility index (Phi) is 7.52. The molecule has 4 aliphatic rings. The molecule has 5 rings (SSSR count). The number of allylic oxidation sites excluding steroid dienone is 4. The number of furan rings is 1. The summed E-state index contributed by atoms with van der Waals surface area (Å²) < 4.78 is 11.7. The van der Waals surface area contributed by atoms with Crippen molar-refractivity contribution in [3.05, 3.63) is 48.0 Å². The third-order valence-corrected chi connectivity index (χ3v) is 12.4. The van der Waals surface area contributed by atoms with E-state index >= 15 is 0 Å². The number of aliphatic hydroxyl groups is 1. The number of aliphatic hydroxyl groups excluding tert-OH is 1. The topological polar surface area (TPSA) is 93.8 Å². The van der Waals surface area contributed by atoms with Crippen molar-refractivity contribution in [2.24, 2.45) is 28.6 Å². The van der Waals surface area contributed by atoms with Gasteiger partial charge >= 0.3 is 5.97 Å². The molecule has 0 amide bonds. The van der Waals surface area contributed by atoms with Gasteiger partial charge in [0.2, 0.25) is 10.9 Å². The Hall–Kier alpha value is -1.83. The van der Waals surface area contributed by atoms with Crippen LogP contribution in [0.1, 0.15) is 83.2 Å². The maximum atomic E-state index is 14.3. The first kappa shape index (κ1) is 28.7. The van der Waals surface area contributed by atoms with E-state index in [0.29, 0.717) is 25.0 Å². The molecule has 3 fully saturated rings. The van der Waals surface area contributed by atoms with Crippen LogP contribution < -0.4 is 0 Å². The van der Waals surface area contributed by atoms with Crippen molar-refractivity contribution in [3.63, 3.8) is 0 Å². The molecule has 0 bridgehead atoms. The minimum Gasteiger partial charge on any atom is -0.457 e. The Morgan fingerprint density at radius 3 is 2.72 bits per heavy atom. The molecule has 1 heterocycles. The van der Waals surface area contributed by atoms with E-state index < -0.39 is 33.4 Å². The van der Waals surface area contributed by atoms with Crippen LogP contribution >= 0.6 is 23.4 Å². The highest BCUT2D eigenvalue weighted by atomic mass is 35.5. The number of hydrogen-bond donors (Lipinski definition) is 1. The number of halogens is 1. The molecule has 6 nitrogen and oxygen atoms in total. The summed E-state index contributed by atoms with van der Waals surface area (Å²) in [6.07, 6.45) is 10.7. The standard InChI is InChI=1S/C31H39ClO6S/c1-5-6-7-15-39-27(36)31(38-26(35)24-9-8-14-37-24)19(2)16-23-22-11-10-20-17-21(33)12-13-28(20,3)30(22,32)25(34)18-29(23,31)4/h8-9,12-14,17,19,22-23,25,34H,5-7,10-11,15-16,18H2,1-4H3/t19-,22?,23?,25+,28?,29+,30+,31+/m1/s1. The SMILES string of the molecule is CCCCCSC(=O)[C@@]1(OC(=O)c2ccco2)[C@H](C)CC2C3CCC4=CC(=O)C=CC4(C)[C@@]3(Cl)[C@@H](O)C[C@@]21C. The van der Waals surface area contributed by atoms with Gasteiger partial charge in [0.05, 0.1) is 17.2 Å². The van der Waals surface area contributed by atoms with Gasteiger partial charge in [0.25, 0.3) is 0 Å². The summed E-state index contributed by atoms with van der Waals surface area (Å²) in [6.45, 7) is 8.13. The smallest absolute Gasteiger partial charge is 0.375 e. The van der Waals surface area contributed by atoms with Crippen molar-refractivity contribution in [2.75, 3.05) is 5.75 Å². The molecular weight excluding hydrogens is 536 g/mol. The van der Waals surface area contributed by atoms with Gasteiger partial charge in [0.15, 0.2) is 11.4 Å². The molecule has 8 atom stereocenters. The number of thioether (sulfide) groups is 1. The molecule has 0 aliphatic heterocycles. The molecule has 0 saturated heterocycles. The van der Waals surface area contributed by atoms with Crippen LogP contribution in [0.25, 0.3) is 0 Å². The number of alkyl halides is 1. The van der Waals surface area contributed by atoms with E-state index in [1.807, 2.05) is 26.8 Å². The van der Waals surface area contributed by atoms with Crippen LogP contribution in [-0.2, 0) is 14.3 Å². The number of ketones is 1. The van der Waals surface area contributed by atoms with Crippen molar-refractivity contribution < 1.29 is 28.6 Å². The van der Waals surface area contributed by atoms with E-state index in [0.717, 1.165) is 24.8 Å². The van der Waals surface area contributed by atoms with Crippen LogP contribution in [0.5, 0.6) is 0 Å². The Labute approximate surface area is 239 Å². The number of hydrogen-bond acceptors (Lipinski definition) is 7. The molecule has 1 N–H and O–H groups in total. The number of esters is 1. The van der Waals surface area contributed by atoms with E-state index in [1.165, 1.54) is 18.0 Å². The van der Waals surface area contributed by atoms with Crippen molar-refractivity contribution in [2.45, 2.75) is 89.2 Å². The van der Waals surface area contributed by atoms with Crippen molar-refractivity contribution >= 4 is 40.2 Å². The summed E-state index contributed by atoms with van der Waals surface area (Å²) in [7, 11) is 0. The summed E-state index contributed by atoms with van der Waals surface area (Å²) in [5, 5.41) is 11.8. The molecule has 3 unspecified atom stereocenters. The maximum Gasteiger partial charge on any atom is 0.375 e. The van der Waals surface area contributed by atoms with E-state index in [1.54, 1.807) is 24.3 Å². The monoisotopic (exact) mass is 574 g/mol. The van der Waals surface area contributed by atoms with Crippen LogP contribution in [0, 0.1) is 28.6 Å². The first-order chi connectivity index (χ1) is 18.5.